The average molecular weight is 364 g/mol. The van der Waals surface area contributed by atoms with Crippen molar-refractivity contribution in [3.05, 3.63) is 50.7 Å². The Labute approximate surface area is 149 Å². The summed E-state index contributed by atoms with van der Waals surface area (Å²) in [5, 5.41) is 2.10. The molecule has 1 aromatic carbocycles. The number of thiophene rings is 1. The summed E-state index contributed by atoms with van der Waals surface area (Å²) in [6.45, 7) is 9.04. The Hall–Kier alpha value is -1.17. The first kappa shape index (κ1) is 17.6. The average Bonchev–Trinajstić information content (AvgIpc) is 3.07. The van der Waals surface area contributed by atoms with Crippen molar-refractivity contribution in [2.75, 3.05) is 13.1 Å². The van der Waals surface area contributed by atoms with E-state index in [4.69, 9.17) is 0 Å². The molecule has 2 aromatic rings. The summed E-state index contributed by atoms with van der Waals surface area (Å²) < 4.78 is 28.2. The fourth-order valence-corrected chi connectivity index (χ4v) is 6.55. The Morgan fingerprint density at radius 3 is 2.12 bits per heavy atom. The minimum Gasteiger partial charge on any atom is -0.207 e. The van der Waals surface area contributed by atoms with Crippen molar-refractivity contribution >= 4 is 21.4 Å². The first-order valence-corrected chi connectivity index (χ1v) is 10.7. The van der Waals surface area contributed by atoms with Crippen LogP contribution < -0.4 is 0 Å². The molecule has 0 saturated carbocycles. The predicted octanol–water partition coefficient (Wildman–Crippen LogP) is 4.55. The SMILES string of the molecule is Cc1cc(C)c(C)c(S(=O)(=O)N2CCC(c3cccs3)CC2)c1C. The van der Waals surface area contributed by atoms with Crippen LogP contribution in [-0.4, -0.2) is 25.8 Å². The summed E-state index contributed by atoms with van der Waals surface area (Å²) in [5.41, 5.74) is 3.87. The summed E-state index contributed by atoms with van der Waals surface area (Å²) in [5.74, 6) is 0.498. The van der Waals surface area contributed by atoms with E-state index in [1.807, 2.05) is 27.7 Å². The molecule has 0 bridgehead atoms. The van der Waals surface area contributed by atoms with Gasteiger partial charge >= 0.3 is 0 Å². The van der Waals surface area contributed by atoms with E-state index < -0.39 is 10.0 Å². The topological polar surface area (TPSA) is 37.4 Å². The summed E-state index contributed by atoms with van der Waals surface area (Å²) in [7, 11) is -3.42. The molecule has 5 heteroatoms. The minimum absolute atomic E-state index is 0.498. The van der Waals surface area contributed by atoms with Gasteiger partial charge in [-0.25, -0.2) is 8.42 Å². The minimum atomic E-state index is -3.42. The molecule has 0 atom stereocenters. The van der Waals surface area contributed by atoms with Crippen LogP contribution in [-0.2, 0) is 10.0 Å². The molecule has 1 aromatic heterocycles. The van der Waals surface area contributed by atoms with Crippen LogP contribution in [0.2, 0.25) is 0 Å². The third-order valence-electron chi connectivity index (χ3n) is 5.29. The molecule has 3 nitrogen and oxygen atoms in total. The second-order valence-electron chi connectivity index (χ2n) is 6.78. The number of hydrogen-bond donors (Lipinski definition) is 0. The normalized spacial score (nSPS) is 17.3. The molecule has 0 amide bonds. The molecule has 0 aliphatic carbocycles. The zero-order chi connectivity index (χ0) is 17.5. The van der Waals surface area contributed by atoms with E-state index in [2.05, 4.69) is 23.6 Å². The van der Waals surface area contributed by atoms with E-state index in [0.717, 1.165) is 35.1 Å². The van der Waals surface area contributed by atoms with Gasteiger partial charge in [0.15, 0.2) is 0 Å². The summed E-state index contributed by atoms with van der Waals surface area (Å²) in [6, 6.07) is 6.32. The zero-order valence-corrected chi connectivity index (χ0v) is 16.4. The second kappa shape index (κ2) is 6.62. The fraction of sp³-hybridized carbons (Fsp3) is 0.474. The molecule has 0 unspecified atom stereocenters. The highest BCUT2D eigenvalue weighted by atomic mass is 32.2. The Kier molecular flexibility index (Phi) is 4.87. The number of hydrogen-bond acceptors (Lipinski definition) is 3. The molecule has 1 aliphatic heterocycles. The lowest BCUT2D eigenvalue weighted by Gasteiger charge is -2.32. The van der Waals surface area contributed by atoms with Gasteiger partial charge in [0.25, 0.3) is 0 Å². The highest BCUT2D eigenvalue weighted by Crippen LogP contribution is 2.35. The zero-order valence-electron chi connectivity index (χ0n) is 14.8. The lowest BCUT2D eigenvalue weighted by atomic mass is 9.97. The Balaban J connectivity index is 1.88. The lowest BCUT2D eigenvalue weighted by molar-refractivity contribution is 0.321. The Bertz CT molecular complexity index is 804. The van der Waals surface area contributed by atoms with Crippen LogP contribution in [0, 0.1) is 27.7 Å². The van der Waals surface area contributed by atoms with Crippen LogP contribution in [0.3, 0.4) is 0 Å². The van der Waals surface area contributed by atoms with E-state index >= 15 is 0 Å². The monoisotopic (exact) mass is 363 g/mol. The van der Waals surface area contributed by atoms with Gasteiger partial charge in [-0.05, 0) is 80.2 Å². The molecular formula is C19H25NO2S2. The van der Waals surface area contributed by atoms with Crippen molar-refractivity contribution in [2.45, 2.75) is 51.3 Å². The quantitative estimate of drug-likeness (QED) is 0.802. The van der Waals surface area contributed by atoms with E-state index in [1.165, 1.54) is 4.88 Å². The molecule has 1 saturated heterocycles. The van der Waals surface area contributed by atoms with Crippen LogP contribution in [0.1, 0.15) is 45.9 Å². The van der Waals surface area contributed by atoms with Gasteiger partial charge in [-0.2, -0.15) is 4.31 Å². The van der Waals surface area contributed by atoms with Gasteiger partial charge in [-0.1, -0.05) is 12.1 Å². The number of sulfonamides is 1. The Morgan fingerprint density at radius 2 is 1.62 bits per heavy atom. The molecule has 130 valence electrons. The molecule has 1 aliphatic rings. The number of benzene rings is 1. The van der Waals surface area contributed by atoms with Crippen LogP contribution in [0.4, 0.5) is 0 Å². The highest BCUT2D eigenvalue weighted by Gasteiger charge is 2.32. The predicted molar refractivity (Wildman–Crippen MR) is 100 cm³/mol. The largest absolute Gasteiger partial charge is 0.243 e. The summed E-state index contributed by atoms with van der Waals surface area (Å²) in [6.07, 6.45) is 1.81. The van der Waals surface area contributed by atoms with Gasteiger partial charge < -0.3 is 0 Å². The van der Waals surface area contributed by atoms with E-state index in [0.29, 0.717) is 23.9 Å². The van der Waals surface area contributed by atoms with Gasteiger partial charge in [0, 0.05) is 18.0 Å². The summed E-state index contributed by atoms with van der Waals surface area (Å²) >= 11 is 1.78. The van der Waals surface area contributed by atoms with E-state index in [-0.39, 0.29) is 0 Å². The maximum Gasteiger partial charge on any atom is 0.243 e. The third kappa shape index (κ3) is 3.05. The highest BCUT2D eigenvalue weighted by molar-refractivity contribution is 7.89. The maximum absolute atomic E-state index is 13.3. The molecule has 0 radical (unpaired) electrons. The standard InChI is InChI=1S/C19H25NO2S2/c1-13-12-14(2)16(4)19(15(13)3)24(21,22)20-9-7-17(8-10-20)18-6-5-11-23-18/h5-6,11-12,17H,7-10H2,1-4H3. The molecule has 2 heterocycles. The summed E-state index contributed by atoms with van der Waals surface area (Å²) in [4.78, 5) is 1.90. The van der Waals surface area contributed by atoms with Crippen molar-refractivity contribution in [1.82, 2.24) is 4.31 Å². The van der Waals surface area contributed by atoms with Crippen LogP contribution in [0.25, 0.3) is 0 Å². The molecule has 0 spiro atoms. The number of nitrogens with zero attached hydrogens (tertiary/aromatic N) is 1. The second-order valence-corrected chi connectivity index (χ2v) is 9.64. The first-order chi connectivity index (χ1) is 11.3. The molecule has 24 heavy (non-hydrogen) atoms. The molecule has 3 rings (SSSR count). The van der Waals surface area contributed by atoms with E-state index in [1.54, 1.807) is 15.6 Å². The van der Waals surface area contributed by atoms with Crippen molar-refractivity contribution in [3.63, 3.8) is 0 Å². The van der Waals surface area contributed by atoms with Gasteiger partial charge in [0.05, 0.1) is 4.90 Å². The van der Waals surface area contributed by atoms with Crippen LogP contribution in [0.5, 0.6) is 0 Å². The van der Waals surface area contributed by atoms with Crippen LogP contribution in [0.15, 0.2) is 28.5 Å². The van der Waals surface area contributed by atoms with Crippen molar-refractivity contribution in [1.29, 1.82) is 0 Å². The number of piperidine rings is 1. The molecule has 1 fully saturated rings. The van der Waals surface area contributed by atoms with Crippen molar-refractivity contribution < 1.29 is 8.42 Å². The fourth-order valence-electron chi connectivity index (χ4n) is 3.60. The molecule has 0 N–H and O–H groups in total. The van der Waals surface area contributed by atoms with Gasteiger partial charge in [-0.3, -0.25) is 0 Å². The maximum atomic E-state index is 13.3. The smallest absolute Gasteiger partial charge is 0.207 e. The number of aryl methyl sites for hydroxylation is 2. The van der Waals surface area contributed by atoms with Gasteiger partial charge in [0.1, 0.15) is 0 Å². The van der Waals surface area contributed by atoms with Gasteiger partial charge in [-0.15, -0.1) is 11.3 Å². The third-order valence-corrected chi connectivity index (χ3v) is 8.50. The Morgan fingerprint density at radius 1 is 1.04 bits per heavy atom. The van der Waals surface area contributed by atoms with E-state index in [9.17, 15) is 8.42 Å². The van der Waals surface area contributed by atoms with Crippen molar-refractivity contribution in [2.24, 2.45) is 0 Å². The van der Waals surface area contributed by atoms with Gasteiger partial charge in [0.2, 0.25) is 10.0 Å². The van der Waals surface area contributed by atoms with Crippen molar-refractivity contribution in [3.8, 4) is 0 Å². The lowest BCUT2D eigenvalue weighted by Crippen LogP contribution is -2.38. The first-order valence-electron chi connectivity index (χ1n) is 8.43. The number of rotatable bonds is 3. The van der Waals surface area contributed by atoms with Crippen LogP contribution >= 0.6 is 11.3 Å². The molecular weight excluding hydrogens is 338 g/mol.